The van der Waals surface area contributed by atoms with Crippen molar-refractivity contribution in [1.82, 2.24) is 4.90 Å². The van der Waals surface area contributed by atoms with Crippen LogP contribution in [0.5, 0.6) is 0 Å². The van der Waals surface area contributed by atoms with Crippen LogP contribution in [0.1, 0.15) is 37.8 Å². The van der Waals surface area contributed by atoms with Crippen LogP contribution in [-0.4, -0.2) is 91.7 Å². The minimum atomic E-state index is -1.70. The molecule has 1 heterocycles. The molecular formula is C31H49N2O9PS. The van der Waals surface area contributed by atoms with Gasteiger partial charge in [-0.05, 0) is 17.2 Å². The second-order valence-electron chi connectivity index (χ2n) is 8.50. The molecule has 3 rings (SSSR count). The number of carbonyl (C=O) groups excluding carboxylic acids is 2. The quantitative estimate of drug-likeness (QED) is 0.124. The molecule has 1 aliphatic heterocycles. The van der Waals surface area contributed by atoms with Crippen LogP contribution < -0.4 is 0 Å². The summed E-state index contributed by atoms with van der Waals surface area (Å²) in [6, 6.07) is 19.7. The third-order valence-electron chi connectivity index (χ3n) is 5.11. The van der Waals surface area contributed by atoms with E-state index in [-0.39, 0.29) is 6.10 Å². The first-order valence-corrected chi connectivity index (χ1v) is 15.8. The van der Waals surface area contributed by atoms with E-state index >= 15 is 0 Å². The Kier molecular flexibility index (Phi) is 30.2. The highest BCUT2D eigenvalue weighted by Crippen LogP contribution is 2.32. The molecule has 248 valence electrons. The molecule has 1 aliphatic rings. The molecule has 0 aliphatic carbocycles. The van der Waals surface area contributed by atoms with Gasteiger partial charge in [-0.3, -0.25) is 14.7 Å². The molecule has 44 heavy (non-hydrogen) atoms. The van der Waals surface area contributed by atoms with Crippen LogP contribution in [0.2, 0.25) is 0 Å². The van der Waals surface area contributed by atoms with Crippen LogP contribution in [0.15, 0.2) is 77.9 Å². The van der Waals surface area contributed by atoms with Crippen LogP contribution in [0.3, 0.4) is 0 Å². The molecule has 0 saturated carbocycles. The van der Waals surface area contributed by atoms with E-state index in [4.69, 9.17) is 28.8 Å². The van der Waals surface area contributed by atoms with Crippen molar-refractivity contribution in [2.75, 3.05) is 35.0 Å². The number of thioether (sulfide) groups is 1. The Morgan fingerprint density at radius 2 is 1.64 bits per heavy atom. The SMILES string of the molecule is C=O.CCC.CN=C(/C=C\N(C=O)C1O[C@H](COC)C[C@@H]1O)SCc1ccccc1.CO.COP(O)OCc1ccccc1. The smallest absolute Gasteiger partial charge is 0.329 e. The fourth-order valence-electron chi connectivity index (χ4n) is 3.30. The van der Waals surface area contributed by atoms with Gasteiger partial charge >= 0.3 is 8.60 Å². The number of methoxy groups -OCH3 is 1. The Morgan fingerprint density at radius 3 is 2.11 bits per heavy atom. The van der Waals surface area contributed by atoms with Gasteiger partial charge in [-0.25, -0.2) is 0 Å². The number of hydrogen-bond donors (Lipinski definition) is 3. The Bertz CT molecular complexity index is 991. The van der Waals surface area contributed by atoms with Crippen LogP contribution in [0, 0.1) is 0 Å². The molecule has 0 radical (unpaired) electrons. The number of carbonyl (C=O) groups is 2. The molecule has 2 aromatic carbocycles. The molecule has 0 spiro atoms. The van der Waals surface area contributed by atoms with Gasteiger partial charge in [0.05, 0.1) is 24.4 Å². The summed E-state index contributed by atoms with van der Waals surface area (Å²) >= 11 is 1.58. The summed E-state index contributed by atoms with van der Waals surface area (Å²) in [5.74, 6) is 0.789. The summed E-state index contributed by atoms with van der Waals surface area (Å²) in [7, 11) is 4.00. The summed E-state index contributed by atoms with van der Waals surface area (Å²) in [5, 5.41) is 17.9. The second kappa shape index (κ2) is 30.5. The fourth-order valence-corrected chi connectivity index (χ4v) is 4.45. The zero-order valence-electron chi connectivity index (χ0n) is 26.5. The van der Waals surface area contributed by atoms with Gasteiger partial charge in [0.2, 0.25) is 6.41 Å². The minimum Gasteiger partial charge on any atom is -0.400 e. The Hall–Kier alpha value is -2.51. The maximum absolute atomic E-state index is 11.4. The number of aliphatic hydroxyl groups is 2. The molecular weight excluding hydrogens is 607 g/mol. The van der Waals surface area contributed by atoms with E-state index in [2.05, 4.69) is 35.5 Å². The van der Waals surface area contributed by atoms with E-state index < -0.39 is 20.9 Å². The first kappa shape index (κ1) is 43.6. The van der Waals surface area contributed by atoms with Crippen molar-refractivity contribution in [3.05, 3.63) is 84.1 Å². The van der Waals surface area contributed by atoms with Gasteiger partial charge in [-0.2, -0.15) is 0 Å². The summed E-state index contributed by atoms with van der Waals surface area (Å²) in [6.45, 7) is 7.02. The maximum Gasteiger partial charge on any atom is 0.329 e. The number of rotatable bonds is 12. The lowest BCUT2D eigenvalue weighted by atomic mass is 10.2. The first-order chi connectivity index (χ1) is 21.4. The predicted octanol–water partition coefficient (Wildman–Crippen LogP) is 4.95. The third-order valence-corrected chi connectivity index (χ3v) is 6.87. The van der Waals surface area contributed by atoms with Gasteiger partial charge < -0.3 is 38.4 Å². The highest BCUT2D eigenvalue weighted by molar-refractivity contribution is 8.13. The molecule has 13 heteroatoms. The summed E-state index contributed by atoms with van der Waals surface area (Å²) in [6.07, 6.45) is 4.02. The molecule has 2 aromatic rings. The molecule has 1 fully saturated rings. The topological polar surface area (TPSA) is 147 Å². The highest BCUT2D eigenvalue weighted by Gasteiger charge is 2.36. The van der Waals surface area contributed by atoms with Crippen molar-refractivity contribution >= 4 is 38.6 Å². The average molecular weight is 657 g/mol. The number of aliphatic hydroxyl groups excluding tert-OH is 2. The van der Waals surface area contributed by atoms with Gasteiger partial charge in [0.25, 0.3) is 0 Å². The van der Waals surface area contributed by atoms with E-state index in [1.165, 1.54) is 24.0 Å². The maximum atomic E-state index is 11.4. The first-order valence-electron chi connectivity index (χ1n) is 13.7. The van der Waals surface area contributed by atoms with E-state index in [9.17, 15) is 9.90 Å². The highest BCUT2D eigenvalue weighted by atomic mass is 32.2. The zero-order chi connectivity index (χ0) is 33.6. The zero-order valence-corrected chi connectivity index (χ0v) is 28.2. The molecule has 4 atom stereocenters. The van der Waals surface area contributed by atoms with Crippen molar-refractivity contribution in [3.63, 3.8) is 0 Å². The van der Waals surface area contributed by atoms with Gasteiger partial charge in [0.15, 0.2) is 6.23 Å². The standard InChI is InChI=1S/C18H24N2O4S.C8H11O3P.C3H8.CH4O.CH2O/c1-19-17(25-12-14-6-4-3-5-7-14)8-9-20(13-21)18-16(22)10-15(24-18)11-23-2;1-10-12(9)11-7-8-5-3-2-4-6-8;1-3-2;2*1-2/h3-9,13,15-16,18,22H,10-12H2,1-2H3;2-6,9H,7H2,1H3;3H2,1-2H3;2H,1H3;1H2/b9-8-,19-17?;;;;/t15-,16-,18?;;;;/m0..../s1. The molecule has 11 nitrogen and oxygen atoms in total. The Labute approximate surface area is 267 Å². The Balaban J connectivity index is 0. The van der Waals surface area contributed by atoms with Crippen molar-refractivity contribution < 1.29 is 43.2 Å². The predicted molar refractivity (Wildman–Crippen MR) is 178 cm³/mol. The number of ether oxygens (including phenoxy) is 2. The van der Waals surface area contributed by atoms with Crippen molar-refractivity contribution in [3.8, 4) is 0 Å². The normalized spacial score (nSPS) is 17.8. The monoisotopic (exact) mass is 656 g/mol. The van der Waals surface area contributed by atoms with E-state index in [1.807, 2.05) is 55.3 Å². The minimum absolute atomic E-state index is 0.215. The molecule has 0 aromatic heterocycles. The lowest BCUT2D eigenvalue weighted by Crippen LogP contribution is -2.37. The van der Waals surface area contributed by atoms with E-state index in [0.29, 0.717) is 26.0 Å². The van der Waals surface area contributed by atoms with Gasteiger partial charge in [-0.15, -0.1) is 11.8 Å². The molecule has 1 saturated heterocycles. The summed E-state index contributed by atoms with van der Waals surface area (Å²) < 4.78 is 20.3. The van der Waals surface area contributed by atoms with Crippen molar-refractivity contribution in [2.24, 2.45) is 4.99 Å². The van der Waals surface area contributed by atoms with E-state index in [1.54, 1.807) is 38.2 Å². The lowest BCUT2D eigenvalue weighted by molar-refractivity contribution is -0.133. The molecule has 3 N–H and O–H groups in total. The van der Waals surface area contributed by atoms with Crippen LogP contribution in [0.25, 0.3) is 0 Å². The van der Waals surface area contributed by atoms with E-state index in [0.717, 1.165) is 23.5 Å². The number of nitrogens with zero attached hydrogens (tertiary/aromatic N) is 2. The van der Waals surface area contributed by atoms with Crippen LogP contribution in [0.4, 0.5) is 0 Å². The molecule has 0 bridgehead atoms. The van der Waals surface area contributed by atoms with Crippen molar-refractivity contribution in [2.45, 2.75) is 57.5 Å². The number of amides is 1. The van der Waals surface area contributed by atoms with Crippen LogP contribution in [-0.2, 0) is 40.5 Å². The second-order valence-corrected chi connectivity index (χ2v) is 10.6. The largest absolute Gasteiger partial charge is 0.400 e. The van der Waals surface area contributed by atoms with Gasteiger partial charge in [0, 0.05) is 46.8 Å². The molecule has 2 unspecified atom stereocenters. The van der Waals surface area contributed by atoms with Gasteiger partial charge in [-0.1, -0.05) is 80.9 Å². The third kappa shape index (κ3) is 20.4. The summed E-state index contributed by atoms with van der Waals surface area (Å²) in [4.78, 5) is 33.9. The van der Waals surface area contributed by atoms with Crippen molar-refractivity contribution in [1.29, 1.82) is 0 Å². The lowest BCUT2D eigenvalue weighted by Gasteiger charge is -2.23. The number of benzene rings is 2. The molecule has 1 amide bonds. The summed E-state index contributed by atoms with van der Waals surface area (Å²) in [5.41, 5.74) is 2.22. The average Bonchev–Trinajstić information content (AvgIpc) is 3.44. The van der Waals surface area contributed by atoms with Crippen LogP contribution >= 0.6 is 20.4 Å². The Morgan fingerprint density at radius 1 is 1.09 bits per heavy atom. The van der Waals surface area contributed by atoms with Gasteiger partial charge in [0.1, 0.15) is 12.9 Å². The number of hydrogen-bond acceptors (Lipinski definition) is 11. The number of aliphatic imine (C=N–C) groups is 1. The fraction of sp³-hybridized carbons (Fsp3) is 0.452.